The number of benzene rings is 1. The SMILES string of the molecule is Cc1nn(Cc2c(C(=O)Nc3cc(C(F)(F)F)ccc3Cl)noc2C)c(C)c1[N+](=O)[O-]. The average molecular weight is 458 g/mol. The van der Waals surface area contributed by atoms with Crippen LogP contribution in [0.3, 0.4) is 0 Å². The lowest BCUT2D eigenvalue weighted by Crippen LogP contribution is -2.17. The molecule has 1 amide bonds. The van der Waals surface area contributed by atoms with Crippen LogP contribution in [-0.2, 0) is 12.7 Å². The summed E-state index contributed by atoms with van der Waals surface area (Å²) in [6.07, 6.45) is -4.62. The summed E-state index contributed by atoms with van der Waals surface area (Å²) in [5, 5.41) is 21.2. The van der Waals surface area contributed by atoms with Gasteiger partial charge in [0.15, 0.2) is 5.69 Å². The lowest BCUT2D eigenvalue weighted by atomic mass is 10.1. The molecular formula is C18H15ClF3N5O4. The normalized spacial score (nSPS) is 11.6. The lowest BCUT2D eigenvalue weighted by molar-refractivity contribution is -0.386. The largest absolute Gasteiger partial charge is 0.416 e. The smallest absolute Gasteiger partial charge is 0.361 e. The maximum absolute atomic E-state index is 13.0. The molecule has 0 bridgehead atoms. The Morgan fingerprint density at radius 1 is 1.32 bits per heavy atom. The molecule has 0 fully saturated rings. The number of amides is 1. The van der Waals surface area contributed by atoms with Crippen LogP contribution >= 0.6 is 11.6 Å². The maximum atomic E-state index is 13.0. The molecule has 3 aromatic rings. The Balaban J connectivity index is 1.92. The highest BCUT2D eigenvalue weighted by Crippen LogP contribution is 2.34. The molecule has 0 spiro atoms. The summed E-state index contributed by atoms with van der Waals surface area (Å²) in [7, 11) is 0. The van der Waals surface area contributed by atoms with E-state index in [4.69, 9.17) is 16.1 Å². The van der Waals surface area contributed by atoms with Crippen LogP contribution in [-0.4, -0.2) is 25.8 Å². The number of carbonyl (C=O) groups is 1. The third-order valence-corrected chi connectivity index (χ3v) is 4.90. The van der Waals surface area contributed by atoms with Gasteiger partial charge in [0, 0.05) is 5.56 Å². The molecule has 3 rings (SSSR count). The number of rotatable bonds is 5. The van der Waals surface area contributed by atoms with E-state index in [1.807, 2.05) is 0 Å². The fourth-order valence-corrected chi connectivity index (χ4v) is 3.15. The summed E-state index contributed by atoms with van der Waals surface area (Å²) in [6.45, 7) is 4.43. The number of nitrogens with zero attached hydrogens (tertiary/aromatic N) is 4. The number of halogens is 4. The van der Waals surface area contributed by atoms with Crippen molar-refractivity contribution in [2.75, 3.05) is 5.32 Å². The van der Waals surface area contributed by atoms with Crippen LogP contribution in [0.1, 0.15) is 38.8 Å². The van der Waals surface area contributed by atoms with E-state index < -0.39 is 22.6 Å². The number of aromatic nitrogens is 3. The van der Waals surface area contributed by atoms with Crippen LogP contribution in [0.4, 0.5) is 24.5 Å². The maximum Gasteiger partial charge on any atom is 0.416 e. The van der Waals surface area contributed by atoms with Gasteiger partial charge >= 0.3 is 11.9 Å². The van der Waals surface area contributed by atoms with Gasteiger partial charge in [-0.2, -0.15) is 18.3 Å². The second-order valence-electron chi connectivity index (χ2n) is 6.65. The first-order valence-electron chi connectivity index (χ1n) is 8.71. The minimum atomic E-state index is -4.62. The molecule has 2 aromatic heterocycles. The zero-order valence-electron chi connectivity index (χ0n) is 16.4. The summed E-state index contributed by atoms with van der Waals surface area (Å²) in [4.78, 5) is 23.3. The topological polar surface area (TPSA) is 116 Å². The van der Waals surface area contributed by atoms with E-state index in [0.717, 1.165) is 12.1 Å². The number of nitrogens with one attached hydrogen (secondary N) is 1. The van der Waals surface area contributed by atoms with Crippen LogP contribution in [0.25, 0.3) is 0 Å². The zero-order valence-corrected chi connectivity index (χ0v) is 17.1. The van der Waals surface area contributed by atoms with Crippen LogP contribution < -0.4 is 5.32 Å². The number of aryl methyl sites for hydroxylation is 2. The first-order valence-corrected chi connectivity index (χ1v) is 9.09. The second kappa shape index (κ2) is 8.02. The lowest BCUT2D eigenvalue weighted by Gasteiger charge is -2.11. The van der Waals surface area contributed by atoms with Gasteiger partial charge in [-0.25, -0.2) is 0 Å². The van der Waals surface area contributed by atoms with Gasteiger partial charge in [0.05, 0.1) is 27.7 Å². The van der Waals surface area contributed by atoms with E-state index >= 15 is 0 Å². The van der Waals surface area contributed by atoms with E-state index in [-0.39, 0.29) is 51.3 Å². The Labute approximate surface area is 177 Å². The van der Waals surface area contributed by atoms with Crippen LogP contribution in [0.15, 0.2) is 22.7 Å². The van der Waals surface area contributed by atoms with Gasteiger partial charge in [-0.15, -0.1) is 0 Å². The molecule has 164 valence electrons. The summed E-state index contributed by atoms with van der Waals surface area (Å²) in [6, 6.07) is 2.51. The Morgan fingerprint density at radius 3 is 2.58 bits per heavy atom. The molecule has 0 saturated carbocycles. The summed E-state index contributed by atoms with van der Waals surface area (Å²) in [5.74, 6) is -0.611. The number of nitro groups is 1. The molecular weight excluding hydrogens is 443 g/mol. The number of carbonyl (C=O) groups excluding carboxylic acids is 1. The first-order chi connectivity index (χ1) is 14.4. The van der Waals surface area contributed by atoms with Crippen molar-refractivity contribution < 1.29 is 27.4 Å². The Morgan fingerprint density at radius 2 is 2.00 bits per heavy atom. The molecule has 0 radical (unpaired) electrons. The molecule has 31 heavy (non-hydrogen) atoms. The third kappa shape index (κ3) is 4.38. The monoisotopic (exact) mass is 457 g/mol. The van der Waals surface area contributed by atoms with Crippen molar-refractivity contribution in [3.8, 4) is 0 Å². The molecule has 9 nitrogen and oxygen atoms in total. The molecule has 1 aromatic carbocycles. The standard InChI is InChI=1S/C18H15ClF3N5O4/c1-8-16(27(29)30)9(2)26(24-8)7-12-10(3)31-25-15(12)17(28)23-14-6-11(18(20,21)22)4-5-13(14)19/h4-6H,7H2,1-3H3,(H,23,28). The van der Waals surface area contributed by atoms with E-state index in [2.05, 4.69) is 15.6 Å². The summed E-state index contributed by atoms with van der Waals surface area (Å²) < 4.78 is 45.3. The molecule has 0 atom stereocenters. The number of hydrogen-bond acceptors (Lipinski definition) is 6. The predicted octanol–water partition coefficient (Wildman–Crippen LogP) is 4.68. The van der Waals surface area contributed by atoms with Crippen molar-refractivity contribution in [1.29, 1.82) is 0 Å². The number of hydrogen-bond donors (Lipinski definition) is 1. The van der Waals surface area contributed by atoms with Crippen molar-refractivity contribution in [2.24, 2.45) is 0 Å². The first kappa shape index (κ1) is 22.3. The highest BCUT2D eigenvalue weighted by Gasteiger charge is 2.31. The fraction of sp³-hybridized carbons (Fsp3) is 0.278. The van der Waals surface area contributed by atoms with Gasteiger partial charge < -0.3 is 9.84 Å². The van der Waals surface area contributed by atoms with Gasteiger partial charge in [-0.05, 0) is 39.0 Å². The van der Waals surface area contributed by atoms with Crippen LogP contribution in [0.5, 0.6) is 0 Å². The quantitative estimate of drug-likeness (QED) is 0.439. The predicted molar refractivity (Wildman–Crippen MR) is 103 cm³/mol. The number of anilines is 1. The van der Waals surface area contributed by atoms with E-state index in [9.17, 15) is 28.1 Å². The van der Waals surface area contributed by atoms with Gasteiger partial charge in [0.2, 0.25) is 0 Å². The Kier molecular flexibility index (Phi) is 5.77. The highest BCUT2D eigenvalue weighted by molar-refractivity contribution is 6.34. The summed E-state index contributed by atoms with van der Waals surface area (Å²) >= 11 is 5.92. The molecule has 2 heterocycles. The molecule has 1 N–H and O–H groups in total. The molecule has 0 aliphatic heterocycles. The second-order valence-corrected chi connectivity index (χ2v) is 7.05. The fourth-order valence-electron chi connectivity index (χ4n) is 2.99. The molecule has 0 aliphatic rings. The number of alkyl halides is 3. The Bertz CT molecular complexity index is 1190. The van der Waals surface area contributed by atoms with Gasteiger partial charge in [0.25, 0.3) is 5.91 Å². The highest BCUT2D eigenvalue weighted by atomic mass is 35.5. The zero-order chi connectivity index (χ0) is 23.1. The molecule has 0 unspecified atom stereocenters. The van der Waals surface area contributed by atoms with E-state index in [1.165, 1.54) is 25.5 Å². The van der Waals surface area contributed by atoms with Gasteiger partial charge in [0.1, 0.15) is 17.1 Å². The van der Waals surface area contributed by atoms with Crippen molar-refractivity contribution in [3.63, 3.8) is 0 Å². The van der Waals surface area contributed by atoms with Crippen molar-refractivity contribution in [2.45, 2.75) is 33.5 Å². The summed E-state index contributed by atoms with van der Waals surface area (Å²) in [5.41, 5.74) is -0.888. The molecule has 0 saturated heterocycles. The van der Waals surface area contributed by atoms with E-state index in [1.54, 1.807) is 0 Å². The molecule has 0 aliphatic carbocycles. The van der Waals surface area contributed by atoms with Crippen LogP contribution in [0, 0.1) is 30.9 Å². The van der Waals surface area contributed by atoms with Gasteiger partial charge in [-0.3, -0.25) is 19.6 Å². The Hall–Kier alpha value is -3.41. The average Bonchev–Trinajstić information content (AvgIpc) is 3.15. The van der Waals surface area contributed by atoms with E-state index in [0.29, 0.717) is 6.07 Å². The van der Waals surface area contributed by atoms with Gasteiger partial charge in [-0.1, -0.05) is 16.8 Å². The minimum Gasteiger partial charge on any atom is -0.361 e. The minimum absolute atomic E-state index is 0.0745. The van der Waals surface area contributed by atoms with Crippen molar-refractivity contribution in [3.05, 3.63) is 67.3 Å². The molecule has 13 heteroatoms. The van der Waals surface area contributed by atoms with Crippen LogP contribution in [0.2, 0.25) is 5.02 Å². The van der Waals surface area contributed by atoms with Crippen molar-refractivity contribution in [1.82, 2.24) is 14.9 Å². The third-order valence-electron chi connectivity index (χ3n) is 4.58. The van der Waals surface area contributed by atoms with Crippen molar-refractivity contribution >= 4 is 28.9 Å².